The van der Waals surface area contributed by atoms with Crippen molar-refractivity contribution in [1.29, 1.82) is 0 Å². The molecule has 0 aromatic carbocycles. The van der Waals surface area contributed by atoms with Gasteiger partial charge in [-0.1, -0.05) is 19.3 Å². The minimum atomic E-state index is -1.24. The van der Waals surface area contributed by atoms with Gasteiger partial charge in [-0.2, -0.15) is 15.0 Å². The Morgan fingerprint density at radius 1 is 1.16 bits per heavy atom. The molecule has 0 amide bonds. The predicted molar refractivity (Wildman–Crippen MR) is 73.4 cm³/mol. The van der Waals surface area contributed by atoms with Gasteiger partial charge in [0.2, 0.25) is 11.9 Å². The Balaban J connectivity index is 2.05. The summed E-state index contributed by atoms with van der Waals surface area (Å²) in [7, 11) is 0. The van der Waals surface area contributed by atoms with Gasteiger partial charge in [-0.3, -0.25) is 0 Å². The first-order chi connectivity index (χ1) is 9.06. The number of nitrogen functional groups attached to an aromatic ring is 1. The van der Waals surface area contributed by atoms with E-state index in [1.165, 1.54) is 39.0 Å². The van der Waals surface area contributed by atoms with Crippen LogP contribution in [0, 0.1) is 5.92 Å². The SMILES string of the molecule is C[C@H](F)c1nc(N)nc(N[C@H](C)C2CCCCC2)n1. The molecule has 6 heteroatoms. The van der Waals surface area contributed by atoms with Crippen molar-refractivity contribution in [2.45, 2.75) is 58.2 Å². The smallest absolute Gasteiger partial charge is 0.228 e. The lowest BCUT2D eigenvalue weighted by atomic mass is 9.85. The molecule has 0 bridgehead atoms. The first-order valence-corrected chi connectivity index (χ1v) is 6.98. The van der Waals surface area contributed by atoms with E-state index in [1.54, 1.807) is 0 Å². The van der Waals surface area contributed by atoms with Crippen molar-refractivity contribution in [2.24, 2.45) is 5.92 Å². The van der Waals surface area contributed by atoms with Crippen LogP contribution in [0.5, 0.6) is 0 Å². The van der Waals surface area contributed by atoms with Crippen LogP contribution in [-0.4, -0.2) is 21.0 Å². The van der Waals surface area contributed by atoms with E-state index < -0.39 is 6.17 Å². The zero-order valence-electron chi connectivity index (χ0n) is 11.6. The first kappa shape index (κ1) is 14.0. The highest BCUT2D eigenvalue weighted by Gasteiger charge is 2.21. The van der Waals surface area contributed by atoms with E-state index in [2.05, 4.69) is 27.2 Å². The zero-order chi connectivity index (χ0) is 13.8. The lowest BCUT2D eigenvalue weighted by Crippen LogP contribution is -2.29. The van der Waals surface area contributed by atoms with Crippen molar-refractivity contribution < 1.29 is 4.39 Å². The Morgan fingerprint density at radius 2 is 1.84 bits per heavy atom. The number of nitrogens with two attached hydrogens (primary N) is 1. The van der Waals surface area contributed by atoms with Crippen LogP contribution >= 0.6 is 0 Å². The molecule has 1 aliphatic rings. The third-order valence-electron chi connectivity index (χ3n) is 3.74. The fourth-order valence-corrected chi connectivity index (χ4v) is 2.61. The molecule has 0 unspecified atom stereocenters. The van der Waals surface area contributed by atoms with Crippen LogP contribution in [0.25, 0.3) is 0 Å². The summed E-state index contributed by atoms with van der Waals surface area (Å²) in [6.45, 7) is 3.51. The Morgan fingerprint density at radius 3 is 2.47 bits per heavy atom. The van der Waals surface area contributed by atoms with Crippen molar-refractivity contribution in [3.8, 4) is 0 Å². The molecule has 1 aliphatic carbocycles. The summed E-state index contributed by atoms with van der Waals surface area (Å²) >= 11 is 0. The number of hydrogen-bond acceptors (Lipinski definition) is 5. The molecule has 0 radical (unpaired) electrons. The van der Waals surface area contributed by atoms with Crippen molar-refractivity contribution >= 4 is 11.9 Å². The fourth-order valence-electron chi connectivity index (χ4n) is 2.61. The second kappa shape index (κ2) is 6.12. The van der Waals surface area contributed by atoms with Crippen molar-refractivity contribution in [3.63, 3.8) is 0 Å². The van der Waals surface area contributed by atoms with Gasteiger partial charge in [-0.05, 0) is 32.6 Å². The second-order valence-electron chi connectivity index (χ2n) is 5.32. The van der Waals surface area contributed by atoms with Crippen molar-refractivity contribution in [2.75, 3.05) is 11.1 Å². The molecule has 1 fully saturated rings. The van der Waals surface area contributed by atoms with Gasteiger partial charge in [-0.25, -0.2) is 4.39 Å². The van der Waals surface area contributed by atoms with Crippen LogP contribution in [0.3, 0.4) is 0 Å². The summed E-state index contributed by atoms with van der Waals surface area (Å²) in [6, 6.07) is 0.268. The van der Waals surface area contributed by atoms with Crippen LogP contribution in [0.2, 0.25) is 0 Å². The van der Waals surface area contributed by atoms with Gasteiger partial charge in [0, 0.05) is 6.04 Å². The Kier molecular flexibility index (Phi) is 4.50. The van der Waals surface area contributed by atoms with Gasteiger partial charge in [0.05, 0.1) is 0 Å². The predicted octanol–water partition coefficient (Wildman–Crippen LogP) is 2.87. The van der Waals surface area contributed by atoms with E-state index in [9.17, 15) is 4.39 Å². The maximum absolute atomic E-state index is 13.2. The fraction of sp³-hybridized carbons (Fsp3) is 0.769. The van der Waals surface area contributed by atoms with Crippen LogP contribution in [0.1, 0.15) is 57.9 Å². The first-order valence-electron chi connectivity index (χ1n) is 6.98. The molecule has 1 saturated carbocycles. The number of hydrogen-bond donors (Lipinski definition) is 2. The largest absolute Gasteiger partial charge is 0.368 e. The molecule has 19 heavy (non-hydrogen) atoms. The minimum absolute atomic E-state index is 0.0628. The molecular formula is C13H22FN5. The molecule has 0 aliphatic heterocycles. The lowest BCUT2D eigenvalue weighted by Gasteiger charge is -2.28. The Hall–Kier alpha value is -1.46. The molecule has 1 aromatic rings. The van der Waals surface area contributed by atoms with Gasteiger partial charge in [0.25, 0.3) is 0 Å². The number of alkyl halides is 1. The third kappa shape index (κ3) is 3.75. The highest BCUT2D eigenvalue weighted by molar-refractivity contribution is 5.32. The topological polar surface area (TPSA) is 76.7 Å². The standard InChI is InChI=1S/C13H22FN5/c1-8(14)11-17-12(15)19-13(18-11)16-9(2)10-6-4-3-5-7-10/h8-10H,3-7H2,1-2H3,(H3,15,16,17,18,19)/t8-,9+/m0/s1. The van der Waals surface area contributed by atoms with Gasteiger partial charge in [-0.15, -0.1) is 0 Å². The highest BCUT2D eigenvalue weighted by Crippen LogP contribution is 2.27. The molecular weight excluding hydrogens is 245 g/mol. The van der Waals surface area contributed by atoms with E-state index >= 15 is 0 Å². The van der Waals surface area contributed by atoms with Crippen LogP contribution in [0.4, 0.5) is 16.3 Å². The molecule has 5 nitrogen and oxygen atoms in total. The third-order valence-corrected chi connectivity index (χ3v) is 3.74. The van der Waals surface area contributed by atoms with E-state index in [1.807, 2.05) is 0 Å². The average Bonchev–Trinajstić information content (AvgIpc) is 2.39. The maximum Gasteiger partial charge on any atom is 0.228 e. The Labute approximate surface area is 113 Å². The summed E-state index contributed by atoms with van der Waals surface area (Å²) in [6.07, 6.45) is 5.09. The molecule has 2 rings (SSSR count). The van der Waals surface area contributed by atoms with E-state index in [0.717, 1.165) is 0 Å². The summed E-state index contributed by atoms with van der Waals surface area (Å²) in [5.74, 6) is 1.15. The summed E-state index contributed by atoms with van der Waals surface area (Å²) in [4.78, 5) is 11.9. The van der Waals surface area contributed by atoms with E-state index in [4.69, 9.17) is 5.73 Å². The van der Waals surface area contributed by atoms with Crippen LogP contribution in [0.15, 0.2) is 0 Å². The molecule has 3 N–H and O–H groups in total. The monoisotopic (exact) mass is 267 g/mol. The number of halogens is 1. The molecule has 0 saturated heterocycles. The van der Waals surface area contributed by atoms with Crippen LogP contribution < -0.4 is 11.1 Å². The lowest BCUT2D eigenvalue weighted by molar-refractivity contribution is 0.327. The number of nitrogens with one attached hydrogen (secondary N) is 1. The van der Waals surface area contributed by atoms with Gasteiger partial charge in [0.1, 0.15) is 0 Å². The Bertz CT molecular complexity index is 417. The zero-order valence-corrected chi connectivity index (χ0v) is 11.6. The number of nitrogens with zero attached hydrogens (tertiary/aromatic N) is 3. The van der Waals surface area contributed by atoms with Gasteiger partial charge < -0.3 is 11.1 Å². The summed E-state index contributed by atoms with van der Waals surface area (Å²) in [5.41, 5.74) is 5.58. The average molecular weight is 267 g/mol. The molecule has 1 aromatic heterocycles. The summed E-state index contributed by atoms with van der Waals surface area (Å²) < 4.78 is 13.2. The quantitative estimate of drug-likeness (QED) is 0.877. The van der Waals surface area contributed by atoms with E-state index in [-0.39, 0.29) is 17.8 Å². The highest BCUT2D eigenvalue weighted by atomic mass is 19.1. The maximum atomic E-state index is 13.2. The second-order valence-corrected chi connectivity index (χ2v) is 5.32. The van der Waals surface area contributed by atoms with Crippen molar-refractivity contribution in [1.82, 2.24) is 15.0 Å². The number of rotatable bonds is 4. The van der Waals surface area contributed by atoms with Crippen LogP contribution in [-0.2, 0) is 0 Å². The number of aromatic nitrogens is 3. The van der Waals surface area contributed by atoms with Gasteiger partial charge >= 0.3 is 0 Å². The summed E-state index contributed by atoms with van der Waals surface area (Å²) in [5, 5.41) is 3.24. The van der Waals surface area contributed by atoms with E-state index in [0.29, 0.717) is 11.9 Å². The van der Waals surface area contributed by atoms with Crippen molar-refractivity contribution in [3.05, 3.63) is 5.82 Å². The van der Waals surface area contributed by atoms with Gasteiger partial charge in [0.15, 0.2) is 12.0 Å². The normalized spacial score (nSPS) is 19.9. The minimum Gasteiger partial charge on any atom is -0.368 e. The molecule has 0 spiro atoms. The molecule has 106 valence electrons. The molecule has 2 atom stereocenters. The molecule has 1 heterocycles. The number of anilines is 2.